The van der Waals surface area contributed by atoms with Crippen LogP contribution >= 0.6 is 11.8 Å². The van der Waals surface area contributed by atoms with Crippen LogP contribution in [0.2, 0.25) is 0 Å². The van der Waals surface area contributed by atoms with E-state index >= 15 is 0 Å². The van der Waals surface area contributed by atoms with Crippen LogP contribution in [0.4, 0.5) is 0 Å². The Morgan fingerprint density at radius 2 is 1.76 bits per heavy atom. The minimum absolute atomic E-state index is 0. The fourth-order valence-corrected chi connectivity index (χ4v) is 4.20. The minimum Gasteiger partial charge on any atom is -1.00 e. The molecule has 1 heterocycles. The number of hydrogen-bond acceptors (Lipinski definition) is 3. The van der Waals surface area contributed by atoms with Crippen LogP contribution in [0, 0.1) is 0 Å². The van der Waals surface area contributed by atoms with Crippen molar-refractivity contribution in [3.8, 4) is 0 Å². The lowest BCUT2D eigenvalue weighted by Gasteiger charge is -2.16. The van der Waals surface area contributed by atoms with Crippen LogP contribution in [0.25, 0.3) is 5.57 Å². The number of thioether (sulfide) groups is 1. The molecule has 0 spiro atoms. The summed E-state index contributed by atoms with van der Waals surface area (Å²) in [6.45, 7) is 2.23. The van der Waals surface area contributed by atoms with E-state index < -0.39 is 0 Å². The molecule has 1 aliphatic heterocycles. The largest absolute Gasteiger partial charge is 1.00 e. The molecule has 1 N–H and O–H groups in total. The van der Waals surface area contributed by atoms with Gasteiger partial charge in [0.15, 0.2) is 0 Å². The fourth-order valence-electron chi connectivity index (χ4n) is 3.13. The molecule has 4 heteroatoms. The van der Waals surface area contributed by atoms with Gasteiger partial charge in [-0.25, -0.2) is 0 Å². The molecule has 0 amide bonds. The van der Waals surface area contributed by atoms with Gasteiger partial charge in [0.2, 0.25) is 0 Å². The Morgan fingerprint density at radius 1 is 1.04 bits per heavy atom. The third-order valence-corrected chi connectivity index (χ3v) is 5.55. The molecule has 0 saturated heterocycles. The molecule has 0 bridgehead atoms. The second-order valence-corrected chi connectivity index (χ2v) is 7.25. The second kappa shape index (κ2) is 10.0. The molecule has 134 valence electrons. The lowest BCUT2D eigenvalue weighted by molar-refractivity contribution is -0.00000591. The lowest BCUT2D eigenvalue weighted by Crippen LogP contribution is -3.00. The lowest BCUT2D eigenvalue weighted by atomic mass is 9.93. The Morgan fingerprint density at radius 3 is 2.56 bits per heavy atom. The van der Waals surface area contributed by atoms with Gasteiger partial charge in [0.05, 0.1) is 0 Å². The van der Waals surface area contributed by atoms with Crippen molar-refractivity contribution in [1.82, 2.24) is 4.90 Å². The number of aliphatic hydroxyl groups excluding tert-OH is 1. The molecule has 0 radical (unpaired) electrons. The van der Waals surface area contributed by atoms with E-state index in [1.165, 1.54) is 27.2 Å². The van der Waals surface area contributed by atoms with E-state index in [2.05, 4.69) is 66.6 Å². The molecule has 0 aliphatic carbocycles. The zero-order chi connectivity index (χ0) is 16.8. The Hall–Kier alpha value is -1.26. The first-order valence-electron chi connectivity index (χ1n) is 8.59. The van der Waals surface area contributed by atoms with E-state index in [0.29, 0.717) is 0 Å². The van der Waals surface area contributed by atoms with E-state index in [0.717, 1.165) is 31.7 Å². The normalized spacial score (nSPS) is 14.6. The van der Waals surface area contributed by atoms with Crippen molar-refractivity contribution in [3.05, 3.63) is 71.3 Å². The molecule has 0 atom stereocenters. The van der Waals surface area contributed by atoms with Gasteiger partial charge in [-0.05, 0) is 48.2 Å². The number of rotatable bonds is 6. The van der Waals surface area contributed by atoms with E-state index in [-0.39, 0.29) is 19.0 Å². The maximum Gasteiger partial charge on any atom is 0.0443 e. The third kappa shape index (κ3) is 5.11. The summed E-state index contributed by atoms with van der Waals surface area (Å²) in [6.07, 6.45) is 4.25. The van der Waals surface area contributed by atoms with Crippen molar-refractivity contribution in [2.75, 3.05) is 26.7 Å². The number of fused-ring (bicyclic) bond motifs is 2. The van der Waals surface area contributed by atoms with Crippen molar-refractivity contribution in [1.29, 1.82) is 0 Å². The predicted octanol–water partition coefficient (Wildman–Crippen LogP) is 1.43. The zero-order valence-corrected chi connectivity index (χ0v) is 16.2. The third-order valence-electron chi connectivity index (χ3n) is 4.43. The maximum atomic E-state index is 8.95. The van der Waals surface area contributed by atoms with Crippen LogP contribution < -0.4 is 12.4 Å². The summed E-state index contributed by atoms with van der Waals surface area (Å²) >= 11 is 1.93. The molecule has 0 unspecified atom stereocenters. The highest BCUT2D eigenvalue weighted by Crippen LogP contribution is 2.39. The average Bonchev–Trinajstić information content (AvgIpc) is 2.78. The molecule has 2 aromatic carbocycles. The topological polar surface area (TPSA) is 23.5 Å². The van der Waals surface area contributed by atoms with E-state index in [1.54, 1.807) is 0 Å². The summed E-state index contributed by atoms with van der Waals surface area (Å²) in [4.78, 5) is 3.66. The molecule has 0 saturated carbocycles. The predicted molar refractivity (Wildman–Crippen MR) is 103 cm³/mol. The summed E-state index contributed by atoms with van der Waals surface area (Å²) in [7, 11) is 2.12. The standard InChI is InChI=1S/C21H25NOS.ClH/c1-22(14-7-15-23)13-6-11-19-18-9-3-2-8-17(18)16-24-21-12-5-4-10-20(19)21;/h2-5,8-12,23H,6-7,13-16H2,1H3;1H/p-1/b19-11-;. The van der Waals surface area contributed by atoms with E-state index in [9.17, 15) is 0 Å². The van der Waals surface area contributed by atoms with E-state index in [1.807, 2.05) is 11.8 Å². The summed E-state index contributed by atoms with van der Waals surface area (Å²) in [6, 6.07) is 17.5. The van der Waals surface area contributed by atoms with Gasteiger partial charge in [0, 0.05) is 30.3 Å². The number of hydrogen-bond donors (Lipinski definition) is 1. The van der Waals surface area contributed by atoms with Crippen molar-refractivity contribution < 1.29 is 17.5 Å². The second-order valence-electron chi connectivity index (χ2n) is 6.23. The first-order chi connectivity index (χ1) is 11.8. The van der Waals surface area contributed by atoms with E-state index in [4.69, 9.17) is 5.11 Å². The van der Waals surface area contributed by atoms with Gasteiger partial charge in [-0.3, -0.25) is 0 Å². The quantitative estimate of drug-likeness (QED) is 0.827. The van der Waals surface area contributed by atoms with Gasteiger partial charge in [0.25, 0.3) is 0 Å². The number of aliphatic hydroxyl groups is 1. The Labute approximate surface area is 161 Å². The zero-order valence-electron chi connectivity index (χ0n) is 14.6. The van der Waals surface area contributed by atoms with Gasteiger partial charge in [-0.1, -0.05) is 48.5 Å². The molecular weight excluding hydrogens is 350 g/mol. The van der Waals surface area contributed by atoms with Crippen LogP contribution in [0.1, 0.15) is 29.5 Å². The summed E-state index contributed by atoms with van der Waals surface area (Å²) in [5, 5.41) is 8.95. The van der Waals surface area contributed by atoms with Crippen LogP contribution in [0.5, 0.6) is 0 Å². The van der Waals surface area contributed by atoms with Crippen LogP contribution in [-0.2, 0) is 5.75 Å². The minimum atomic E-state index is 0. The average molecular weight is 375 g/mol. The Bertz CT molecular complexity index is 667. The SMILES string of the molecule is CN(CC/C=C1/c2ccccc2CSc2ccccc21)CCCO.[Cl-]. The van der Waals surface area contributed by atoms with Crippen LogP contribution in [0.3, 0.4) is 0 Å². The molecule has 0 aromatic heterocycles. The highest BCUT2D eigenvalue weighted by molar-refractivity contribution is 7.98. The Kier molecular flexibility index (Phi) is 8.04. The maximum absolute atomic E-state index is 8.95. The van der Waals surface area contributed by atoms with Gasteiger partial charge >= 0.3 is 0 Å². The fraction of sp³-hybridized carbons (Fsp3) is 0.333. The first-order valence-corrected chi connectivity index (χ1v) is 9.58. The number of halogens is 1. The van der Waals surface area contributed by atoms with Crippen LogP contribution in [0.15, 0.2) is 59.5 Å². The van der Waals surface area contributed by atoms with Gasteiger partial charge in [0.1, 0.15) is 0 Å². The molecule has 2 nitrogen and oxygen atoms in total. The van der Waals surface area contributed by atoms with Crippen molar-refractivity contribution in [2.45, 2.75) is 23.5 Å². The molecule has 1 aliphatic rings. The van der Waals surface area contributed by atoms with Crippen molar-refractivity contribution in [3.63, 3.8) is 0 Å². The van der Waals surface area contributed by atoms with Crippen molar-refractivity contribution in [2.24, 2.45) is 0 Å². The van der Waals surface area contributed by atoms with Gasteiger partial charge < -0.3 is 22.4 Å². The van der Waals surface area contributed by atoms with Crippen LogP contribution in [-0.4, -0.2) is 36.8 Å². The Balaban J connectivity index is 0.00000225. The molecular formula is C21H25ClNOS-. The smallest absolute Gasteiger partial charge is 0.0443 e. The highest BCUT2D eigenvalue weighted by atomic mass is 35.5. The molecule has 0 fully saturated rings. The summed E-state index contributed by atoms with van der Waals surface area (Å²) in [5.41, 5.74) is 5.50. The first kappa shape index (κ1) is 20.1. The molecule has 25 heavy (non-hydrogen) atoms. The number of nitrogens with zero attached hydrogens (tertiary/aromatic N) is 1. The van der Waals surface area contributed by atoms with Gasteiger partial charge in [-0.2, -0.15) is 0 Å². The monoisotopic (exact) mass is 374 g/mol. The molecule has 3 rings (SSSR count). The number of benzene rings is 2. The highest BCUT2D eigenvalue weighted by Gasteiger charge is 2.17. The van der Waals surface area contributed by atoms with Crippen molar-refractivity contribution >= 4 is 17.3 Å². The van der Waals surface area contributed by atoms with Gasteiger partial charge in [-0.15, -0.1) is 11.8 Å². The summed E-state index contributed by atoms with van der Waals surface area (Å²) in [5.74, 6) is 1.03. The summed E-state index contributed by atoms with van der Waals surface area (Å²) < 4.78 is 0. The molecule has 2 aromatic rings.